The minimum absolute atomic E-state index is 0.181. The zero-order chi connectivity index (χ0) is 18.7. The molecule has 133 valence electrons. The maximum Gasteiger partial charge on any atom is 0.417 e. The van der Waals surface area contributed by atoms with Gasteiger partial charge in [-0.3, -0.25) is 0 Å². The molecule has 0 aliphatic carbocycles. The maximum absolute atomic E-state index is 13.5. The van der Waals surface area contributed by atoms with Gasteiger partial charge in [0.25, 0.3) is 0 Å². The second-order valence-corrected chi connectivity index (χ2v) is 5.72. The third-order valence-corrected chi connectivity index (χ3v) is 3.88. The molecule has 0 unspecified atom stereocenters. The molecule has 0 atom stereocenters. The molecule has 26 heavy (non-hydrogen) atoms. The summed E-state index contributed by atoms with van der Waals surface area (Å²) in [5.41, 5.74) is -0.0215. The number of alkyl halides is 3. The number of benzene rings is 3. The largest absolute Gasteiger partial charge is 0.457 e. The van der Waals surface area contributed by atoms with Gasteiger partial charge in [0.2, 0.25) is 0 Å². The van der Waals surface area contributed by atoms with E-state index in [1.807, 2.05) is 25.1 Å². The van der Waals surface area contributed by atoms with Gasteiger partial charge in [-0.25, -0.2) is 4.39 Å². The Balaban J connectivity index is 1.99. The summed E-state index contributed by atoms with van der Waals surface area (Å²) in [5, 5.41) is 0. The molecule has 3 rings (SSSR count). The quantitative estimate of drug-likeness (QED) is 0.473. The zero-order valence-corrected chi connectivity index (χ0v) is 13.9. The van der Waals surface area contributed by atoms with Gasteiger partial charge in [-0.2, -0.15) is 13.2 Å². The highest BCUT2D eigenvalue weighted by Crippen LogP contribution is 2.38. The molecule has 0 aromatic heterocycles. The number of ether oxygens (including phenoxy) is 1. The molecule has 0 heterocycles. The van der Waals surface area contributed by atoms with Crippen molar-refractivity contribution in [2.45, 2.75) is 19.5 Å². The van der Waals surface area contributed by atoms with E-state index in [0.29, 0.717) is 11.5 Å². The van der Waals surface area contributed by atoms with E-state index in [2.05, 4.69) is 6.07 Å². The van der Waals surface area contributed by atoms with Crippen molar-refractivity contribution in [2.24, 2.45) is 0 Å². The van der Waals surface area contributed by atoms with Crippen molar-refractivity contribution in [3.05, 3.63) is 83.7 Å². The Bertz CT molecular complexity index is 916. The Morgan fingerprint density at radius 2 is 1.62 bits per heavy atom. The summed E-state index contributed by atoms with van der Waals surface area (Å²) < 4.78 is 58.9. The highest BCUT2D eigenvalue weighted by molar-refractivity contribution is 5.69. The molecule has 1 radical (unpaired) electrons. The predicted octanol–water partition coefficient (Wildman–Crippen LogP) is 6.67. The van der Waals surface area contributed by atoms with Crippen molar-refractivity contribution in [3.63, 3.8) is 0 Å². The van der Waals surface area contributed by atoms with Crippen LogP contribution in [0.2, 0.25) is 0 Å². The first-order valence-electron chi connectivity index (χ1n) is 8.03. The predicted molar refractivity (Wildman–Crippen MR) is 91.6 cm³/mol. The van der Waals surface area contributed by atoms with E-state index in [1.165, 1.54) is 12.1 Å². The zero-order valence-electron chi connectivity index (χ0n) is 13.9. The molecule has 5 heteroatoms. The van der Waals surface area contributed by atoms with Crippen LogP contribution in [0, 0.1) is 11.9 Å². The number of hydrogen-bond acceptors (Lipinski definition) is 1. The monoisotopic (exact) mass is 359 g/mol. The van der Waals surface area contributed by atoms with E-state index in [9.17, 15) is 17.6 Å². The third-order valence-electron chi connectivity index (χ3n) is 3.88. The van der Waals surface area contributed by atoms with Gasteiger partial charge in [0.15, 0.2) is 0 Å². The summed E-state index contributed by atoms with van der Waals surface area (Å²) in [6.45, 7) is 2.01. The molecule has 0 saturated carbocycles. The van der Waals surface area contributed by atoms with Crippen molar-refractivity contribution in [2.75, 3.05) is 0 Å². The number of halogens is 4. The second kappa shape index (κ2) is 7.20. The Labute approximate surface area is 148 Å². The Morgan fingerprint density at radius 3 is 2.31 bits per heavy atom. The van der Waals surface area contributed by atoms with Crippen LogP contribution in [0.15, 0.2) is 60.7 Å². The number of rotatable bonds is 4. The average molecular weight is 359 g/mol. The smallest absolute Gasteiger partial charge is 0.417 e. The van der Waals surface area contributed by atoms with Crippen LogP contribution in [-0.2, 0) is 12.6 Å². The third kappa shape index (κ3) is 4.04. The summed E-state index contributed by atoms with van der Waals surface area (Å²) in [5.74, 6) is 0.0947. The summed E-state index contributed by atoms with van der Waals surface area (Å²) in [4.78, 5) is 0. The van der Waals surface area contributed by atoms with Crippen LogP contribution >= 0.6 is 0 Å². The van der Waals surface area contributed by atoms with Crippen LogP contribution in [0.25, 0.3) is 11.1 Å². The van der Waals surface area contributed by atoms with Gasteiger partial charge in [-0.1, -0.05) is 31.2 Å². The molecule has 0 saturated heterocycles. The van der Waals surface area contributed by atoms with E-state index < -0.39 is 17.6 Å². The van der Waals surface area contributed by atoms with Crippen molar-refractivity contribution in [1.29, 1.82) is 0 Å². The van der Waals surface area contributed by atoms with Crippen molar-refractivity contribution >= 4 is 0 Å². The first-order chi connectivity index (χ1) is 12.4. The van der Waals surface area contributed by atoms with Crippen LogP contribution in [-0.4, -0.2) is 0 Å². The molecule has 1 nitrogen and oxygen atoms in total. The topological polar surface area (TPSA) is 9.23 Å². The van der Waals surface area contributed by atoms with E-state index in [1.54, 1.807) is 18.2 Å². The van der Waals surface area contributed by atoms with Crippen LogP contribution in [0.3, 0.4) is 0 Å². The van der Waals surface area contributed by atoms with Crippen LogP contribution in [0.5, 0.6) is 11.5 Å². The highest BCUT2D eigenvalue weighted by atomic mass is 19.4. The first kappa shape index (κ1) is 18.0. The normalized spacial score (nSPS) is 11.4. The molecule has 0 bridgehead atoms. The first-order valence-corrected chi connectivity index (χ1v) is 8.03. The Kier molecular flexibility index (Phi) is 4.98. The van der Waals surface area contributed by atoms with Gasteiger partial charge in [0.05, 0.1) is 5.56 Å². The minimum Gasteiger partial charge on any atom is -0.457 e. The standard InChI is InChI=1S/C21H15F4O/c1-2-14-5-3-7-17(11-14)26-18-8-4-6-15(12-18)19-13-16(22)9-10-20(19)21(23,24)25/h3-12H,2H2,1H3. The lowest BCUT2D eigenvalue weighted by Crippen LogP contribution is -2.07. The molecule has 0 aliphatic rings. The Morgan fingerprint density at radius 1 is 0.923 bits per heavy atom. The molecular weight excluding hydrogens is 344 g/mol. The summed E-state index contributed by atoms with van der Waals surface area (Å²) in [6.07, 6.45) is -3.77. The SMILES string of the molecule is CCc1cccc(Oc2cccc(-c3[c]c(F)ccc3C(F)(F)F)c2)c1. The lowest BCUT2D eigenvalue weighted by molar-refractivity contribution is -0.137. The summed E-state index contributed by atoms with van der Waals surface area (Å²) >= 11 is 0. The molecule has 3 aromatic carbocycles. The molecule has 0 spiro atoms. The fourth-order valence-electron chi connectivity index (χ4n) is 2.61. The van der Waals surface area contributed by atoms with Gasteiger partial charge in [-0.05, 0) is 53.9 Å². The van der Waals surface area contributed by atoms with Gasteiger partial charge in [-0.15, -0.1) is 0 Å². The number of aryl methyl sites for hydroxylation is 1. The molecule has 0 amide bonds. The molecule has 3 aromatic rings. The lowest BCUT2D eigenvalue weighted by atomic mass is 9.99. The summed E-state index contributed by atoms with van der Waals surface area (Å²) in [6, 6.07) is 17.2. The van der Waals surface area contributed by atoms with Gasteiger partial charge in [0.1, 0.15) is 17.3 Å². The fourth-order valence-corrected chi connectivity index (χ4v) is 2.61. The van der Waals surface area contributed by atoms with Crippen LogP contribution < -0.4 is 4.74 Å². The minimum atomic E-state index is -4.61. The molecular formula is C21H15F4O. The van der Waals surface area contributed by atoms with E-state index in [-0.39, 0.29) is 11.1 Å². The maximum atomic E-state index is 13.5. The van der Waals surface area contributed by atoms with E-state index in [4.69, 9.17) is 4.74 Å². The fraction of sp³-hybridized carbons (Fsp3) is 0.143. The van der Waals surface area contributed by atoms with Gasteiger partial charge in [0, 0.05) is 11.6 Å². The highest BCUT2D eigenvalue weighted by Gasteiger charge is 2.34. The van der Waals surface area contributed by atoms with Gasteiger partial charge >= 0.3 is 6.18 Å². The number of hydrogen-bond donors (Lipinski definition) is 0. The van der Waals surface area contributed by atoms with Crippen LogP contribution in [0.4, 0.5) is 17.6 Å². The molecule has 0 aliphatic heterocycles. The lowest BCUT2D eigenvalue weighted by Gasteiger charge is -2.14. The van der Waals surface area contributed by atoms with Gasteiger partial charge < -0.3 is 4.74 Å². The molecule has 0 N–H and O–H groups in total. The van der Waals surface area contributed by atoms with Crippen molar-refractivity contribution < 1.29 is 22.3 Å². The van der Waals surface area contributed by atoms with Crippen LogP contribution in [0.1, 0.15) is 18.1 Å². The van der Waals surface area contributed by atoms with E-state index in [0.717, 1.165) is 24.1 Å². The summed E-state index contributed by atoms with van der Waals surface area (Å²) in [7, 11) is 0. The second-order valence-electron chi connectivity index (χ2n) is 5.72. The average Bonchev–Trinajstić information content (AvgIpc) is 2.61. The Hall–Kier alpha value is -2.82. The van der Waals surface area contributed by atoms with Crippen molar-refractivity contribution in [1.82, 2.24) is 0 Å². The molecule has 0 fully saturated rings. The van der Waals surface area contributed by atoms with E-state index >= 15 is 0 Å². The van der Waals surface area contributed by atoms with Crippen molar-refractivity contribution in [3.8, 4) is 22.6 Å².